The van der Waals surface area contributed by atoms with Crippen LogP contribution in [0.2, 0.25) is 0 Å². The Bertz CT molecular complexity index is 1250. The van der Waals surface area contributed by atoms with E-state index in [1.54, 1.807) is 0 Å². The van der Waals surface area contributed by atoms with Gasteiger partial charge in [-0.1, -0.05) is 37.3 Å². The van der Waals surface area contributed by atoms with Crippen molar-refractivity contribution in [3.05, 3.63) is 66.5 Å². The molecular weight excluding hydrogens is 386 g/mol. The molecule has 6 rings (SSSR count). The number of rotatable bonds is 3. The summed E-state index contributed by atoms with van der Waals surface area (Å²) in [4.78, 5) is 18.0. The Balaban J connectivity index is 1.52. The molecule has 31 heavy (non-hydrogen) atoms. The SMILES string of the molecule is CCc1ccccc1N1CC2COCCN2c2nc(-c3cccc4[nH]ccc34)ncc21. The zero-order chi connectivity index (χ0) is 20.8. The van der Waals surface area contributed by atoms with Crippen molar-refractivity contribution in [3.8, 4) is 11.4 Å². The smallest absolute Gasteiger partial charge is 0.162 e. The first-order valence-corrected chi connectivity index (χ1v) is 11.0. The molecule has 4 aromatic rings. The lowest BCUT2D eigenvalue weighted by Crippen LogP contribution is -2.54. The summed E-state index contributed by atoms with van der Waals surface area (Å²) < 4.78 is 5.84. The first kappa shape index (κ1) is 18.4. The van der Waals surface area contributed by atoms with Gasteiger partial charge in [-0.05, 0) is 30.2 Å². The molecule has 0 bridgehead atoms. The van der Waals surface area contributed by atoms with E-state index in [0.717, 1.165) is 66.5 Å². The number of nitrogens with zero attached hydrogens (tertiary/aromatic N) is 4. The number of anilines is 3. The molecule has 2 aliphatic heterocycles. The molecule has 0 aliphatic carbocycles. The number of para-hydroxylation sites is 1. The van der Waals surface area contributed by atoms with Crippen LogP contribution in [0.3, 0.4) is 0 Å². The van der Waals surface area contributed by atoms with Gasteiger partial charge in [0.2, 0.25) is 0 Å². The van der Waals surface area contributed by atoms with Crippen molar-refractivity contribution in [3.63, 3.8) is 0 Å². The van der Waals surface area contributed by atoms with E-state index < -0.39 is 0 Å². The monoisotopic (exact) mass is 411 g/mol. The van der Waals surface area contributed by atoms with Crippen molar-refractivity contribution in [1.82, 2.24) is 15.0 Å². The molecule has 0 amide bonds. The molecule has 0 saturated carbocycles. The van der Waals surface area contributed by atoms with E-state index >= 15 is 0 Å². The molecule has 1 atom stereocenters. The summed E-state index contributed by atoms with van der Waals surface area (Å²) in [5, 5.41) is 1.14. The van der Waals surface area contributed by atoms with E-state index in [-0.39, 0.29) is 6.04 Å². The average molecular weight is 412 g/mol. The standard InChI is InChI=1S/C25H25N5O/c1-2-17-6-3-4-9-22(17)30-15-18-16-31-13-12-29(18)25-23(30)14-27-24(28-25)20-7-5-8-21-19(20)10-11-26-21/h3-11,14,18,26H,2,12-13,15-16H2,1H3. The number of aromatic nitrogens is 3. The van der Waals surface area contributed by atoms with Crippen LogP contribution in [0.4, 0.5) is 17.2 Å². The average Bonchev–Trinajstić information content (AvgIpc) is 3.32. The molecule has 1 unspecified atom stereocenters. The van der Waals surface area contributed by atoms with Crippen LogP contribution in [-0.4, -0.2) is 47.3 Å². The number of hydrogen-bond acceptors (Lipinski definition) is 5. The number of benzene rings is 2. The van der Waals surface area contributed by atoms with Gasteiger partial charge in [-0.15, -0.1) is 0 Å². The van der Waals surface area contributed by atoms with Crippen molar-refractivity contribution in [2.24, 2.45) is 0 Å². The fraction of sp³-hybridized carbons (Fsp3) is 0.280. The highest BCUT2D eigenvalue weighted by molar-refractivity contribution is 5.94. The van der Waals surface area contributed by atoms with E-state index in [0.29, 0.717) is 0 Å². The molecular formula is C25H25N5O. The largest absolute Gasteiger partial charge is 0.377 e. The molecule has 2 aliphatic rings. The van der Waals surface area contributed by atoms with E-state index in [1.165, 1.54) is 11.3 Å². The highest BCUT2D eigenvalue weighted by atomic mass is 16.5. The van der Waals surface area contributed by atoms with Gasteiger partial charge >= 0.3 is 0 Å². The number of ether oxygens (including phenoxy) is 1. The predicted molar refractivity (Wildman–Crippen MR) is 124 cm³/mol. The Labute approximate surface area is 181 Å². The molecule has 6 heteroatoms. The lowest BCUT2D eigenvalue weighted by molar-refractivity contribution is 0.0945. The number of nitrogens with one attached hydrogen (secondary N) is 1. The fourth-order valence-electron chi connectivity index (χ4n) is 4.87. The van der Waals surface area contributed by atoms with Crippen molar-refractivity contribution < 1.29 is 4.74 Å². The van der Waals surface area contributed by atoms with Gasteiger partial charge in [-0.3, -0.25) is 0 Å². The zero-order valence-corrected chi connectivity index (χ0v) is 17.6. The van der Waals surface area contributed by atoms with Gasteiger partial charge in [0, 0.05) is 41.4 Å². The fourth-order valence-corrected chi connectivity index (χ4v) is 4.87. The van der Waals surface area contributed by atoms with Crippen LogP contribution >= 0.6 is 0 Å². The van der Waals surface area contributed by atoms with Gasteiger partial charge in [0.05, 0.1) is 25.5 Å². The second-order valence-corrected chi connectivity index (χ2v) is 8.16. The lowest BCUT2D eigenvalue weighted by Gasteiger charge is -2.46. The Kier molecular flexibility index (Phi) is 4.39. The van der Waals surface area contributed by atoms with Crippen molar-refractivity contribution in [2.75, 3.05) is 36.1 Å². The topological polar surface area (TPSA) is 57.3 Å². The highest BCUT2D eigenvalue weighted by Gasteiger charge is 2.36. The van der Waals surface area contributed by atoms with Crippen LogP contribution in [0, 0.1) is 0 Å². The third kappa shape index (κ3) is 2.98. The number of aromatic amines is 1. The van der Waals surface area contributed by atoms with Crippen LogP contribution in [0.25, 0.3) is 22.3 Å². The van der Waals surface area contributed by atoms with Gasteiger partial charge < -0.3 is 19.5 Å². The van der Waals surface area contributed by atoms with Crippen LogP contribution in [0.5, 0.6) is 0 Å². The Morgan fingerprint density at radius 3 is 2.97 bits per heavy atom. The minimum Gasteiger partial charge on any atom is -0.377 e. The lowest BCUT2D eigenvalue weighted by atomic mass is 10.0. The second-order valence-electron chi connectivity index (χ2n) is 8.16. The first-order valence-electron chi connectivity index (χ1n) is 11.0. The van der Waals surface area contributed by atoms with Crippen LogP contribution in [0.1, 0.15) is 12.5 Å². The number of H-pyrrole nitrogens is 1. The van der Waals surface area contributed by atoms with Crippen LogP contribution in [0.15, 0.2) is 60.9 Å². The van der Waals surface area contributed by atoms with Gasteiger partial charge in [0.25, 0.3) is 0 Å². The summed E-state index contributed by atoms with van der Waals surface area (Å²) in [6.07, 6.45) is 4.95. The van der Waals surface area contributed by atoms with Crippen molar-refractivity contribution >= 4 is 28.1 Å². The molecule has 0 radical (unpaired) electrons. The third-order valence-electron chi connectivity index (χ3n) is 6.43. The molecule has 156 valence electrons. The summed E-state index contributed by atoms with van der Waals surface area (Å²) in [6, 6.07) is 17.2. The van der Waals surface area contributed by atoms with Crippen molar-refractivity contribution in [2.45, 2.75) is 19.4 Å². The van der Waals surface area contributed by atoms with E-state index in [1.807, 2.05) is 12.4 Å². The normalized spacial score (nSPS) is 18.2. The molecule has 6 nitrogen and oxygen atoms in total. The number of fused-ring (bicyclic) bond motifs is 4. The third-order valence-corrected chi connectivity index (χ3v) is 6.43. The Morgan fingerprint density at radius 1 is 1.10 bits per heavy atom. The highest BCUT2D eigenvalue weighted by Crippen LogP contribution is 2.41. The number of morpholine rings is 1. The van der Waals surface area contributed by atoms with Gasteiger partial charge in [0.15, 0.2) is 11.6 Å². The minimum absolute atomic E-state index is 0.275. The first-order chi connectivity index (χ1) is 15.3. The van der Waals surface area contributed by atoms with Gasteiger partial charge in [-0.2, -0.15) is 0 Å². The van der Waals surface area contributed by atoms with Crippen LogP contribution in [-0.2, 0) is 11.2 Å². The van der Waals surface area contributed by atoms with Crippen molar-refractivity contribution in [1.29, 1.82) is 0 Å². The van der Waals surface area contributed by atoms with Crippen LogP contribution < -0.4 is 9.80 Å². The summed E-state index contributed by atoms with van der Waals surface area (Å²) in [6.45, 7) is 5.38. The van der Waals surface area contributed by atoms with E-state index in [2.05, 4.69) is 70.2 Å². The molecule has 2 aromatic heterocycles. The maximum Gasteiger partial charge on any atom is 0.162 e. The molecule has 1 saturated heterocycles. The molecule has 1 N–H and O–H groups in total. The predicted octanol–water partition coefficient (Wildman–Crippen LogP) is 4.54. The summed E-state index contributed by atoms with van der Waals surface area (Å²) in [7, 11) is 0. The van der Waals surface area contributed by atoms with Gasteiger partial charge in [0.1, 0.15) is 5.69 Å². The maximum atomic E-state index is 5.84. The number of hydrogen-bond donors (Lipinski definition) is 1. The quantitative estimate of drug-likeness (QED) is 0.536. The Hall–Kier alpha value is -3.38. The summed E-state index contributed by atoms with van der Waals surface area (Å²) >= 11 is 0. The molecule has 4 heterocycles. The number of aryl methyl sites for hydroxylation is 1. The molecule has 2 aromatic carbocycles. The maximum absolute atomic E-state index is 5.84. The second kappa shape index (κ2) is 7.39. The zero-order valence-electron chi connectivity index (χ0n) is 17.6. The molecule has 1 fully saturated rings. The van der Waals surface area contributed by atoms with E-state index in [4.69, 9.17) is 14.7 Å². The minimum atomic E-state index is 0.275. The Morgan fingerprint density at radius 2 is 2.03 bits per heavy atom. The summed E-state index contributed by atoms with van der Waals surface area (Å²) in [5.41, 5.74) is 5.79. The van der Waals surface area contributed by atoms with E-state index in [9.17, 15) is 0 Å². The van der Waals surface area contributed by atoms with Gasteiger partial charge in [-0.25, -0.2) is 9.97 Å². The molecule has 0 spiro atoms. The summed E-state index contributed by atoms with van der Waals surface area (Å²) in [5.74, 6) is 1.77.